The molecule has 1 N–H and O–H groups in total. The summed E-state index contributed by atoms with van der Waals surface area (Å²) in [4.78, 5) is 13.3. The second kappa shape index (κ2) is 6.49. The molecule has 0 aliphatic heterocycles. The summed E-state index contributed by atoms with van der Waals surface area (Å²) in [7, 11) is 4.00. The minimum absolute atomic E-state index is 0.593. The Morgan fingerprint density at radius 3 is 2.42 bits per heavy atom. The van der Waals surface area contributed by atoms with E-state index in [4.69, 9.17) is 4.74 Å². The molecule has 0 amide bonds. The Balaban J connectivity index is 2.01. The Morgan fingerprint density at radius 1 is 1.08 bits per heavy atom. The molecule has 0 unspecified atom stereocenters. The zero-order valence-corrected chi connectivity index (χ0v) is 14.2. The third-order valence-corrected chi connectivity index (χ3v) is 4.11. The van der Waals surface area contributed by atoms with Crippen LogP contribution < -0.4 is 4.74 Å². The maximum Gasteiger partial charge on any atom is 0.328 e. The van der Waals surface area contributed by atoms with Crippen LogP contribution in [-0.4, -0.2) is 43.2 Å². The average molecular weight is 323 g/mol. The summed E-state index contributed by atoms with van der Waals surface area (Å²) >= 11 is 0. The number of likely N-dealkylation sites (N-methyl/N-ethyl adjacent to an activating group) is 1. The highest BCUT2D eigenvalue weighted by molar-refractivity contribution is 6.06. The monoisotopic (exact) mass is 323 g/mol. The number of carbonyl (C=O) groups is 1. The van der Waals surface area contributed by atoms with Crippen molar-refractivity contribution in [3.8, 4) is 16.9 Å². The molecule has 0 radical (unpaired) electrons. The molecular formula is C20H21NO3. The maximum atomic E-state index is 11.3. The van der Waals surface area contributed by atoms with Gasteiger partial charge >= 0.3 is 5.97 Å². The van der Waals surface area contributed by atoms with Crippen molar-refractivity contribution >= 4 is 11.5 Å². The van der Waals surface area contributed by atoms with Gasteiger partial charge in [0, 0.05) is 12.6 Å². The number of carboxylic acids is 1. The van der Waals surface area contributed by atoms with E-state index in [9.17, 15) is 9.90 Å². The van der Waals surface area contributed by atoms with Gasteiger partial charge in [-0.2, -0.15) is 0 Å². The Hall–Kier alpha value is -2.59. The van der Waals surface area contributed by atoms with E-state index >= 15 is 0 Å². The lowest BCUT2D eigenvalue weighted by Crippen LogP contribution is -2.19. The van der Waals surface area contributed by atoms with Crippen LogP contribution in [0.3, 0.4) is 0 Å². The molecule has 0 atom stereocenters. The van der Waals surface area contributed by atoms with Crippen LogP contribution in [0.15, 0.2) is 42.5 Å². The standard InChI is InChI=1S/C20H21NO3/c1-13-4-6-15-16-7-5-14(24-9-8-21(2)3)11-18(16)19(12-20(22)23)17(15)10-13/h4-7,10-12H,8-9H2,1-3H3,(H,22,23)/b19-12+. The number of aryl methyl sites for hydroxylation is 1. The van der Waals surface area contributed by atoms with Crippen molar-refractivity contribution in [2.24, 2.45) is 0 Å². The molecular weight excluding hydrogens is 302 g/mol. The normalized spacial score (nSPS) is 13.9. The van der Waals surface area contributed by atoms with Crippen LogP contribution in [0.4, 0.5) is 0 Å². The van der Waals surface area contributed by atoms with Crippen LogP contribution in [-0.2, 0) is 4.79 Å². The number of hydrogen-bond acceptors (Lipinski definition) is 3. The molecule has 124 valence electrons. The van der Waals surface area contributed by atoms with Gasteiger partial charge in [0.1, 0.15) is 12.4 Å². The molecule has 2 aromatic carbocycles. The molecule has 3 rings (SSSR count). The van der Waals surface area contributed by atoms with Gasteiger partial charge in [-0.05, 0) is 61.0 Å². The van der Waals surface area contributed by atoms with Gasteiger partial charge in [0.25, 0.3) is 0 Å². The summed E-state index contributed by atoms with van der Waals surface area (Å²) in [5.41, 5.74) is 5.87. The fraction of sp³-hybridized carbons (Fsp3) is 0.250. The Kier molecular flexibility index (Phi) is 4.40. The second-order valence-corrected chi connectivity index (χ2v) is 6.30. The van der Waals surface area contributed by atoms with E-state index in [0.717, 1.165) is 45.7 Å². The van der Waals surface area contributed by atoms with Crippen molar-refractivity contribution in [3.63, 3.8) is 0 Å². The van der Waals surface area contributed by atoms with E-state index in [1.165, 1.54) is 6.08 Å². The fourth-order valence-corrected chi connectivity index (χ4v) is 2.96. The first-order chi connectivity index (χ1) is 11.5. The quantitative estimate of drug-likeness (QED) is 0.731. The molecule has 0 aromatic heterocycles. The van der Waals surface area contributed by atoms with Gasteiger partial charge in [-0.1, -0.05) is 29.8 Å². The zero-order chi connectivity index (χ0) is 17.3. The summed E-state index contributed by atoms with van der Waals surface area (Å²) in [6.07, 6.45) is 1.29. The Labute approximate surface area is 142 Å². The predicted octanol–water partition coefficient (Wildman–Crippen LogP) is 3.43. The molecule has 2 aromatic rings. The second-order valence-electron chi connectivity index (χ2n) is 6.30. The van der Waals surface area contributed by atoms with Crippen molar-refractivity contribution in [2.75, 3.05) is 27.2 Å². The van der Waals surface area contributed by atoms with Gasteiger partial charge in [-0.15, -0.1) is 0 Å². The number of nitrogens with zero attached hydrogens (tertiary/aromatic N) is 1. The molecule has 1 aliphatic carbocycles. The molecule has 24 heavy (non-hydrogen) atoms. The van der Waals surface area contributed by atoms with Crippen LogP contribution in [0.25, 0.3) is 16.7 Å². The van der Waals surface area contributed by atoms with E-state index in [1.54, 1.807) is 0 Å². The number of hydrogen-bond donors (Lipinski definition) is 1. The summed E-state index contributed by atoms with van der Waals surface area (Å²) in [6, 6.07) is 12.0. The number of rotatable bonds is 5. The van der Waals surface area contributed by atoms with Crippen molar-refractivity contribution < 1.29 is 14.6 Å². The third kappa shape index (κ3) is 3.19. The highest BCUT2D eigenvalue weighted by atomic mass is 16.5. The lowest BCUT2D eigenvalue weighted by atomic mass is 10.0. The van der Waals surface area contributed by atoms with E-state index in [0.29, 0.717) is 6.61 Å². The first kappa shape index (κ1) is 16.3. The summed E-state index contributed by atoms with van der Waals surface area (Å²) < 4.78 is 5.80. The average Bonchev–Trinajstić information content (AvgIpc) is 2.80. The summed E-state index contributed by atoms with van der Waals surface area (Å²) in [5.74, 6) is -0.180. The zero-order valence-electron chi connectivity index (χ0n) is 14.2. The minimum atomic E-state index is -0.941. The lowest BCUT2D eigenvalue weighted by Gasteiger charge is -2.12. The largest absolute Gasteiger partial charge is 0.492 e. The van der Waals surface area contributed by atoms with E-state index < -0.39 is 5.97 Å². The molecule has 0 saturated carbocycles. The van der Waals surface area contributed by atoms with Crippen LogP contribution in [0.1, 0.15) is 16.7 Å². The number of fused-ring (bicyclic) bond motifs is 3. The minimum Gasteiger partial charge on any atom is -0.492 e. The van der Waals surface area contributed by atoms with Crippen molar-refractivity contribution in [2.45, 2.75) is 6.92 Å². The molecule has 0 spiro atoms. The molecule has 1 aliphatic rings. The van der Waals surface area contributed by atoms with Gasteiger partial charge in [0.15, 0.2) is 0 Å². The molecule has 0 fully saturated rings. The number of benzene rings is 2. The van der Waals surface area contributed by atoms with Gasteiger partial charge < -0.3 is 14.7 Å². The van der Waals surface area contributed by atoms with Crippen LogP contribution in [0.2, 0.25) is 0 Å². The predicted molar refractivity (Wildman–Crippen MR) is 95.4 cm³/mol. The van der Waals surface area contributed by atoms with Gasteiger partial charge in [-0.3, -0.25) is 0 Å². The Morgan fingerprint density at radius 2 is 1.75 bits per heavy atom. The first-order valence-corrected chi connectivity index (χ1v) is 7.93. The van der Waals surface area contributed by atoms with E-state index in [1.807, 2.05) is 51.4 Å². The van der Waals surface area contributed by atoms with Crippen molar-refractivity contribution in [1.29, 1.82) is 0 Å². The van der Waals surface area contributed by atoms with Gasteiger partial charge in [0.2, 0.25) is 0 Å². The van der Waals surface area contributed by atoms with Gasteiger partial charge in [-0.25, -0.2) is 4.79 Å². The fourth-order valence-electron chi connectivity index (χ4n) is 2.96. The molecule has 0 heterocycles. The highest BCUT2D eigenvalue weighted by Gasteiger charge is 2.24. The first-order valence-electron chi connectivity index (χ1n) is 7.93. The van der Waals surface area contributed by atoms with Crippen molar-refractivity contribution in [1.82, 2.24) is 4.90 Å². The topological polar surface area (TPSA) is 49.8 Å². The summed E-state index contributed by atoms with van der Waals surface area (Å²) in [6.45, 7) is 3.43. The van der Waals surface area contributed by atoms with Crippen molar-refractivity contribution in [3.05, 3.63) is 59.2 Å². The maximum absolute atomic E-state index is 11.3. The highest BCUT2D eigenvalue weighted by Crippen LogP contribution is 2.45. The molecule has 4 nitrogen and oxygen atoms in total. The van der Waals surface area contributed by atoms with Gasteiger partial charge in [0.05, 0.1) is 0 Å². The number of carboxylic acid groups (broad SMARTS) is 1. The number of ether oxygens (including phenoxy) is 1. The van der Waals surface area contributed by atoms with Crippen LogP contribution in [0.5, 0.6) is 5.75 Å². The molecule has 0 bridgehead atoms. The molecule has 4 heteroatoms. The lowest BCUT2D eigenvalue weighted by molar-refractivity contribution is -0.131. The third-order valence-electron chi connectivity index (χ3n) is 4.11. The summed E-state index contributed by atoms with van der Waals surface area (Å²) in [5, 5.41) is 9.25. The Bertz CT molecular complexity index is 822. The SMILES string of the molecule is Cc1ccc2c(c1)/C(=C\C(=O)O)c1cc(OCCN(C)C)ccc1-2. The number of aliphatic carboxylic acids is 1. The molecule has 0 saturated heterocycles. The van der Waals surface area contributed by atoms with E-state index in [2.05, 4.69) is 11.0 Å². The van der Waals surface area contributed by atoms with Crippen LogP contribution in [0, 0.1) is 6.92 Å². The smallest absolute Gasteiger partial charge is 0.328 e. The van der Waals surface area contributed by atoms with Crippen LogP contribution >= 0.6 is 0 Å². The van der Waals surface area contributed by atoms with E-state index in [-0.39, 0.29) is 0 Å².